The van der Waals surface area contributed by atoms with Crippen molar-refractivity contribution in [2.75, 3.05) is 6.61 Å². The van der Waals surface area contributed by atoms with Crippen molar-refractivity contribution in [2.45, 2.75) is 46.2 Å². The van der Waals surface area contributed by atoms with Gasteiger partial charge in [0.1, 0.15) is 5.75 Å². The maximum absolute atomic E-state index is 12.7. The van der Waals surface area contributed by atoms with Crippen LogP contribution in [0.15, 0.2) is 24.3 Å². The summed E-state index contributed by atoms with van der Waals surface area (Å²) in [5.41, 5.74) is -0.487. The molecule has 0 unspecified atom stereocenters. The largest absolute Gasteiger partial charge is 0.493 e. The zero-order valence-electron chi connectivity index (χ0n) is 12.2. The van der Waals surface area contributed by atoms with Crippen LogP contribution in [0.4, 0.5) is 13.2 Å². The Hall–Kier alpha value is -1.19. The number of aryl methyl sites for hydroxylation is 1. The number of hydrogen-bond acceptors (Lipinski definition) is 1. The van der Waals surface area contributed by atoms with Gasteiger partial charge in [0.2, 0.25) is 0 Å². The summed E-state index contributed by atoms with van der Waals surface area (Å²) >= 11 is 0. The lowest BCUT2D eigenvalue weighted by Crippen LogP contribution is -2.69. The van der Waals surface area contributed by atoms with Crippen molar-refractivity contribution in [1.82, 2.24) is 0 Å². The van der Waals surface area contributed by atoms with E-state index in [0.717, 1.165) is 11.3 Å². The Bertz CT molecular complexity index is 459. The molecule has 3 aliphatic carbocycles. The van der Waals surface area contributed by atoms with Gasteiger partial charge in [-0.15, -0.1) is 0 Å². The number of ether oxygens (including phenoxy) is 1. The Morgan fingerprint density at radius 3 is 2.25 bits per heavy atom. The van der Waals surface area contributed by atoms with Gasteiger partial charge in [0.15, 0.2) is 0 Å². The van der Waals surface area contributed by atoms with Gasteiger partial charge >= 0.3 is 6.18 Å². The standard InChI is InChI=1S/C14H15F3O.C2H6/c1-10-3-2-4-11(5-10)18-9-12-6-13(7-12,8-12)14(15,16)17;1-2/h2-5H,6-9H2,1H3;1-2H3. The van der Waals surface area contributed by atoms with E-state index >= 15 is 0 Å². The van der Waals surface area contributed by atoms with Crippen LogP contribution in [-0.4, -0.2) is 12.8 Å². The summed E-state index contributed by atoms with van der Waals surface area (Å²) in [5.74, 6) is 0.751. The van der Waals surface area contributed by atoms with Crippen LogP contribution in [0.2, 0.25) is 0 Å². The van der Waals surface area contributed by atoms with Crippen molar-refractivity contribution in [3.8, 4) is 5.75 Å². The summed E-state index contributed by atoms with van der Waals surface area (Å²) in [5, 5.41) is 0. The second-order valence-corrected chi connectivity index (χ2v) is 5.91. The average Bonchev–Trinajstić information content (AvgIpc) is 2.26. The molecule has 20 heavy (non-hydrogen) atoms. The van der Waals surface area contributed by atoms with Crippen LogP contribution in [0, 0.1) is 17.8 Å². The fourth-order valence-electron chi connectivity index (χ4n) is 3.39. The molecule has 0 amide bonds. The van der Waals surface area contributed by atoms with Gasteiger partial charge in [-0.05, 0) is 43.9 Å². The molecule has 1 aromatic rings. The minimum atomic E-state index is -4.03. The molecule has 3 fully saturated rings. The van der Waals surface area contributed by atoms with E-state index < -0.39 is 11.6 Å². The van der Waals surface area contributed by atoms with E-state index in [0.29, 0.717) is 6.61 Å². The summed E-state index contributed by atoms with van der Waals surface area (Å²) in [4.78, 5) is 0. The third-order valence-corrected chi connectivity index (χ3v) is 4.28. The van der Waals surface area contributed by atoms with Gasteiger partial charge < -0.3 is 4.74 Å². The molecule has 0 aromatic heterocycles. The van der Waals surface area contributed by atoms with E-state index in [4.69, 9.17) is 4.74 Å². The normalized spacial score (nSPS) is 30.5. The Morgan fingerprint density at radius 2 is 1.75 bits per heavy atom. The first-order valence-electron chi connectivity index (χ1n) is 7.11. The first-order chi connectivity index (χ1) is 9.34. The lowest BCUT2D eigenvalue weighted by Gasteiger charge is -2.70. The minimum Gasteiger partial charge on any atom is -0.493 e. The molecule has 0 N–H and O–H groups in total. The van der Waals surface area contributed by atoms with E-state index in [1.165, 1.54) is 0 Å². The molecule has 3 saturated carbocycles. The molecule has 1 nitrogen and oxygen atoms in total. The molecule has 1 aromatic carbocycles. The SMILES string of the molecule is CC.Cc1cccc(OCC23CC(C(F)(F)F)(C2)C3)c1. The highest BCUT2D eigenvalue weighted by atomic mass is 19.4. The fraction of sp³-hybridized carbons (Fsp3) is 0.625. The van der Waals surface area contributed by atoms with E-state index in [1.807, 2.05) is 45.0 Å². The number of halogens is 3. The number of benzene rings is 1. The van der Waals surface area contributed by atoms with Crippen LogP contribution in [0.1, 0.15) is 38.7 Å². The van der Waals surface area contributed by atoms with Crippen molar-refractivity contribution in [2.24, 2.45) is 10.8 Å². The molecule has 4 rings (SSSR count). The predicted molar refractivity (Wildman–Crippen MR) is 72.8 cm³/mol. The van der Waals surface area contributed by atoms with Gasteiger partial charge in [-0.25, -0.2) is 0 Å². The topological polar surface area (TPSA) is 9.23 Å². The van der Waals surface area contributed by atoms with Gasteiger partial charge in [0.25, 0.3) is 0 Å². The lowest BCUT2D eigenvalue weighted by atomic mass is 9.35. The zero-order valence-corrected chi connectivity index (χ0v) is 12.2. The third-order valence-electron chi connectivity index (χ3n) is 4.28. The molecule has 0 saturated heterocycles. The molecule has 3 aliphatic rings. The van der Waals surface area contributed by atoms with Crippen LogP contribution in [0.3, 0.4) is 0 Å². The van der Waals surface area contributed by atoms with Crippen LogP contribution in [0.5, 0.6) is 5.75 Å². The van der Waals surface area contributed by atoms with Crippen LogP contribution in [-0.2, 0) is 0 Å². The number of alkyl halides is 3. The Morgan fingerprint density at radius 1 is 1.15 bits per heavy atom. The van der Waals surface area contributed by atoms with E-state index in [9.17, 15) is 13.2 Å². The Balaban J connectivity index is 0.000000704. The van der Waals surface area contributed by atoms with E-state index in [2.05, 4.69) is 0 Å². The van der Waals surface area contributed by atoms with Crippen LogP contribution in [0.25, 0.3) is 0 Å². The van der Waals surface area contributed by atoms with Crippen molar-refractivity contribution < 1.29 is 17.9 Å². The zero-order chi connectivity index (χ0) is 15.0. The second-order valence-electron chi connectivity index (χ2n) is 5.91. The highest BCUT2D eigenvalue weighted by Gasteiger charge is 2.78. The molecule has 0 spiro atoms. The Labute approximate surface area is 118 Å². The molecule has 112 valence electrons. The lowest BCUT2D eigenvalue weighted by molar-refractivity contribution is -0.367. The summed E-state index contributed by atoms with van der Waals surface area (Å²) in [6, 6.07) is 7.61. The molecular weight excluding hydrogens is 265 g/mol. The van der Waals surface area contributed by atoms with Crippen molar-refractivity contribution in [3.63, 3.8) is 0 Å². The minimum absolute atomic E-state index is 0.209. The van der Waals surface area contributed by atoms with E-state index in [-0.39, 0.29) is 24.7 Å². The molecule has 2 bridgehead atoms. The molecule has 0 atom stereocenters. The predicted octanol–water partition coefficient (Wildman–Crippen LogP) is 5.13. The summed E-state index contributed by atoms with van der Waals surface area (Å²) in [7, 11) is 0. The summed E-state index contributed by atoms with van der Waals surface area (Å²) in [6.07, 6.45) is -3.29. The third kappa shape index (κ3) is 2.40. The average molecular weight is 286 g/mol. The highest BCUT2D eigenvalue weighted by Crippen LogP contribution is 2.78. The van der Waals surface area contributed by atoms with Crippen LogP contribution >= 0.6 is 0 Å². The molecule has 0 aliphatic heterocycles. The molecule has 0 radical (unpaired) electrons. The monoisotopic (exact) mass is 286 g/mol. The summed E-state index contributed by atoms with van der Waals surface area (Å²) < 4.78 is 43.6. The van der Waals surface area contributed by atoms with Gasteiger partial charge in [-0.2, -0.15) is 13.2 Å². The van der Waals surface area contributed by atoms with Gasteiger partial charge in [0.05, 0.1) is 12.0 Å². The van der Waals surface area contributed by atoms with Crippen LogP contribution < -0.4 is 4.74 Å². The number of hydrogen-bond donors (Lipinski definition) is 0. The smallest absolute Gasteiger partial charge is 0.394 e. The highest BCUT2D eigenvalue weighted by molar-refractivity contribution is 5.28. The first kappa shape index (κ1) is 15.2. The maximum atomic E-state index is 12.7. The van der Waals surface area contributed by atoms with Gasteiger partial charge in [0, 0.05) is 5.41 Å². The van der Waals surface area contributed by atoms with Crippen molar-refractivity contribution in [3.05, 3.63) is 29.8 Å². The molecule has 0 heterocycles. The quantitative estimate of drug-likeness (QED) is 0.748. The van der Waals surface area contributed by atoms with E-state index in [1.54, 1.807) is 0 Å². The second kappa shape index (κ2) is 4.97. The maximum Gasteiger partial charge on any atom is 0.394 e. The molecule has 4 heteroatoms. The first-order valence-corrected chi connectivity index (χ1v) is 7.11. The van der Waals surface area contributed by atoms with Crippen molar-refractivity contribution in [1.29, 1.82) is 0 Å². The fourth-order valence-corrected chi connectivity index (χ4v) is 3.39. The summed E-state index contributed by atoms with van der Waals surface area (Å²) in [6.45, 7) is 6.38. The molecular formula is C16H21F3O. The number of rotatable bonds is 3. The Kier molecular flexibility index (Phi) is 3.78. The van der Waals surface area contributed by atoms with Gasteiger partial charge in [-0.3, -0.25) is 0 Å². The van der Waals surface area contributed by atoms with Gasteiger partial charge in [-0.1, -0.05) is 26.0 Å². The van der Waals surface area contributed by atoms with Crippen molar-refractivity contribution >= 4 is 0 Å².